The number of piperidine rings is 1. The molecule has 2 amide bonds. The zero-order valence-electron chi connectivity index (χ0n) is 20.4. The van der Waals surface area contributed by atoms with Crippen LogP contribution in [0.3, 0.4) is 0 Å². The maximum atomic E-state index is 13.4. The van der Waals surface area contributed by atoms with Gasteiger partial charge >= 0.3 is 0 Å². The van der Waals surface area contributed by atoms with E-state index in [0.29, 0.717) is 53.6 Å². The number of sulfonamides is 1. The number of hydrogen-bond donors (Lipinski definition) is 3. The van der Waals surface area contributed by atoms with Crippen LogP contribution in [0.2, 0.25) is 0 Å². The number of likely N-dealkylation sites (tertiary alicyclic amines) is 1. The van der Waals surface area contributed by atoms with Gasteiger partial charge in [-0.1, -0.05) is 42.5 Å². The molecule has 0 spiro atoms. The third-order valence-corrected chi connectivity index (χ3v) is 8.32. The zero-order valence-corrected chi connectivity index (χ0v) is 21.2. The molecule has 1 fully saturated rings. The molecule has 0 aliphatic carbocycles. The van der Waals surface area contributed by atoms with Gasteiger partial charge in [0.2, 0.25) is 10.0 Å². The van der Waals surface area contributed by atoms with E-state index in [1.807, 2.05) is 25.1 Å². The number of nitrogens with zero attached hydrogens (tertiary/aromatic N) is 1. The molecule has 190 valence electrons. The molecule has 0 radical (unpaired) electrons. The Hall–Kier alpha value is -3.95. The molecule has 1 aliphatic rings. The van der Waals surface area contributed by atoms with Crippen LogP contribution in [0.1, 0.15) is 39.3 Å². The first-order valence-electron chi connectivity index (χ1n) is 12.2. The number of rotatable bonds is 6. The van der Waals surface area contributed by atoms with E-state index in [9.17, 15) is 18.0 Å². The lowest BCUT2D eigenvalue weighted by Crippen LogP contribution is -2.46. The van der Waals surface area contributed by atoms with Gasteiger partial charge in [0, 0.05) is 47.4 Å². The summed E-state index contributed by atoms with van der Waals surface area (Å²) in [7, 11) is -3.84. The van der Waals surface area contributed by atoms with Crippen molar-refractivity contribution in [1.29, 1.82) is 0 Å². The highest BCUT2D eigenvalue weighted by atomic mass is 32.2. The van der Waals surface area contributed by atoms with Crippen LogP contribution in [-0.4, -0.2) is 49.2 Å². The summed E-state index contributed by atoms with van der Waals surface area (Å²) in [5.41, 5.74) is 2.48. The third kappa shape index (κ3) is 5.14. The highest BCUT2D eigenvalue weighted by Gasteiger charge is 2.28. The van der Waals surface area contributed by atoms with Crippen molar-refractivity contribution in [3.05, 3.63) is 95.8 Å². The van der Waals surface area contributed by atoms with Gasteiger partial charge in [0.25, 0.3) is 11.8 Å². The van der Waals surface area contributed by atoms with E-state index >= 15 is 0 Å². The van der Waals surface area contributed by atoms with Gasteiger partial charge in [-0.25, -0.2) is 13.1 Å². The van der Waals surface area contributed by atoms with Gasteiger partial charge in [0.15, 0.2) is 0 Å². The molecule has 3 aromatic carbocycles. The number of anilines is 1. The second-order valence-electron chi connectivity index (χ2n) is 9.20. The molecule has 1 aromatic heterocycles. The molecule has 1 saturated heterocycles. The zero-order chi connectivity index (χ0) is 26.0. The molecule has 0 atom stereocenters. The Kier molecular flexibility index (Phi) is 6.82. The fourth-order valence-corrected chi connectivity index (χ4v) is 6.29. The van der Waals surface area contributed by atoms with Crippen LogP contribution >= 0.6 is 0 Å². The van der Waals surface area contributed by atoms with Crippen molar-refractivity contribution in [3.63, 3.8) is 0 Å². The van der Waals surface area contributed by atoms with E-state index < -0.39 is 10.0 Å². The van der Waals surface area contributed by atoms with Gasteiger partial charge in [0.1, 0.15) is 5.69 Å². The van der Waals surface area contributed by atoms with Crippen LogP contribution in [0.25, 0.3) is 10.8 Å². The number of amides is 2. The Labute approximate surface area is 215 Å². The molecule has 0 saturated carbocycles. The number of carbonyl (C=O) groups is 2. The van der Waals surface area contributed by atoms with Crippen LogP contribution in [0, 0.1) is 6.92 Å². The highest BCUT2D eigenvalue weighted by molar-refractivity contribution is 7.89. The second kappa shape index (κ2) is 10.2. The lowest BCUT2D eigenvalue weighted by atomic mass is 10.1. The van der Waals surface area contributed by atoms with E-state index in [1.165, 1.54) is 0 Å². The Bertz CT molecular complexity index is 1560. The summed E-state index contributed by atoms with van der Waals surface area (Å²) in [4.78, 5) is 30.3. The second-order valence-corrected chi connectivity index (χ2v) is 10.9. The average Bonchev–Trinajstić information content (AvgIpc) is 3.44. The van der Waals surface area contributed by atoms with Crippen molar-refractivity contribution in [2.24, 2.45) is 0 Å². The number of fused-ring (bicyclic) bond motifs is 1. The fraction of sp³-hybridized carbons (Fsp3) is 0.214. The molecular formula is C28H28N4O4S. The minimum atomic E-state index is -3.84. The minimum absolute atomic E-state index is 0.0827. The van der Waals surface area contributed by atoms with E-state index in [-0.39, 0.29) is 22.8 Å². The lowest BCUT2D eigenvalue weighted by molar-refractivity contribution is 0.0706. The summed E-state index contributed by atoms with van der Waals surface area (Å²) in [5, 5.41) is 4.10. The SMILES string of the molecule is Cc1ccccc1C(=O)Nc1cccc2c(S(=O)(=O)NC3CCN(C(=O)c4ccc[nH]4)CC3)cccc12. The molecule has 9 heteroatoms. The van der Waals surface area contributed by atoms with Crippen LogP contribution in [0.5, 0.6) is 0 Å². The van der Waals surface area contributed by atoms with Crippen molar-refractivity contribution in [2.75, 3.05) is 18.4 Å². The van der Waals surface area contributed by atoms with Crippen LogP contribution in [0.15, 0.2) is 83.9 Å². The van der Waals surface area contributed by atoms with Crippen LogP contribution < -0.4 is 10.0 Å². The standard InChI is InChI=1S/C28H28N4O4S/c1-19-7-2-3-8-21(19)27(33)30-24-11-4-10-23-22(24)9-5-13-26(23)37(35,36)31-20-14-17-32(18-15-20)28(34)25-12-6-16-29-25/h2-13,16,20,29,31H,14-15,17-18H2,1H3,(H,30,33). The topological polar surface area (TPSA) is 111 Å². The maximum Gasteiger partial charge on any atom is 0.270 e. The average molecular weight is 517 g/mol. The predicted octanol–water partition coefficient (Wildman–Crippen LogP) is 4.31. The summed E-state index contributed by atoms with van der Waals surface area (Å²) >= 11 is 0. The smallest absolute Gasteiger partial charge is 0.270 e. The Morgan fingerprint density at radius 1 is 0.892 bits per heavy atom. The molecule has 1 aliphatic heterocycles. The van der Waals surface area contributed by atoms with Gasteiger partial charge in [-0.05, 0) is 55.7 Å². The number of aryl methyl sites for hydroxylation is 1. The monoisotopic (exact) mass is 516 g/mol. The first kappa shape index (κ1) is 24.7. The van der Waals surface area contributed by atoms with Gasteiger partial charge < -0.3 is 15.2 Å². The lowest BCUT2D eigenvalue weighted by Gasteiger charge is -2.32. The maximum absolute atomic E-state index is 13.4. The minimum Gasteiger partial charge on any atom is -0.357 e. The van der Waals surface area contributed by atoms with E-state index in [4.69, 9.17) is 0 Å². The largest absolute Gasteiger partial charge is 0.357 e. The van der Waals surface area contributed by atoms with E-state index in [0.717, 1.165) is 5.56 Å². The molecule has 0 bridgehead atoms. The molecule has 4 aromatic rings. The van der Waals surface area contributed by atoms with Crippen LogP contribution in [0.4, 0.5) is 5.69 Å². The molecular weight excluding hydrogens is 488 g/mol. The molecule has 3 N–H and O–H groups in total. The number of nitrogens with one attached hydrogen (secondary N) is 3. The van der Waals surface area contributed by atoms with Crippen molar-refractivity contribution in [1.82, 2.24) is 14.6 Å². The van der Waals surface area contributed by atoms with Crippen molar-refractivity contribution < 1.29 is 18.0 Å². The van der Waals surface area contributed by atoms with Crippen molar-refractivity contribution in [3.8, 4) is 0 Å². The third-order valence-electron chi connectivity index (χ3n) is 6.74. The quantitative estimate of drug-likeness (QED) is 0.355. The molecule has 0 unspecified atom stereocenters. The summed E-state index contributed by atoms with van der Waals surface area (Å²) < 4.78 is 29.7. The summed E-state index contributed by atoms with van der Waals surface area (Å²) in [6.45, 7) is 2.81. The van der Waals surface area contributed by atoms with Crippen molar-refractivity contribution in [2.45, 2.75) is 30.7 Å². The van der Waals surface area contributed by atoms with E-state index in [1.54, 1.807) is 65.7 Å². The normalized spacial score (nSPS) is 14.6. The first-order valence-corrected chi connectivity index (χ1v) is 13.7. The Morgan fingerprint density at radius 3 is 2.35 bits per heavy atom. The highest BCUT2D eigenvalue weighted by Crippen LogP contribution is 2.30. The van der Waals surface area contributed by atoms with Gasteiger partial charge in [0.05, 0.1) is 4.90 Å². The number of H-pyrrole nitrogens is 1. The fourth-order valence-electron chi connectivity index (χ4n) is 4.76. The summed E-state index contributed by atoms with van der Waals surface area (Å²) in [5.74, 6) is -0.335. The number of carbonyl (C=O) groups excluding carboxylic acids is 2. The van der Waals surface area contributed by atoms with E-state index in [2.05, 4.69) is 15.0 Å². The molecule has 37 heavy (non-hydrogen) atoms. The molecule has 5 rings (SSSR count). The van der Waals surface area contributed by atoms with Gasteiger partial charge in [-0.15, -0.1) is 0 Å². The van der Waals surface area contributed by atoms with Gasteiger partial charge in [-0.2, -0.15) is 0 Å². The number of benzene rings is 3. The number of aromatic nitrogens is 1. The summed E-state index contributed by atoms with van der Waals surface area (Å²) in [6.07, 6.45) is 2.75. The van der Waals surface area contributed by atoms with Crippen LogP contribution in [-0.2, 0) is 10.0 Å². The summed E-state index contributed by atoms with van der Waals surface area (Å²) in [6, 6.07) is 20.8. The molecule has 8 nitrogen and oxygen atoms in total. The number of aromatic amines is 1. The first-order chi connectivity index (χ1) is 17.8. The Morgan fingerprint density at radius 2 is 1.62 bits per heavy atom. The molecule has 2 heterocycles. The number of hydrogen-bond acceptors (Lipinski definition) is 4. The Balaban J connectivity index is 1.33. The van der Waals surface area contributed by atoms with Gasteiger partial charge in [-0.3, -0.25) is 9.59 Å². The predicted molar refractivity (Wildman–Crippen MR) is 143 cm³/mol. The van der Waals surface area contributed by atoms with Crippen molar-refractivity contribution >= 4 is 38.3 Å².